The van der Waals surface area contributed by atoms with E-state index in [9.17, 15) is 13.2 Å². The maximum Gasteiger partial charge on any atom is 0.414 e. The highest BCUT2D eigenvalue weighted by molar-refractivity contribution is 4.80. The summed E-state index contributed by atoms with van der Waals surface area (Å²) in [4.78, 5) is 0. The predicted molar refractivity (Wildman–Crippen MR) is 96.6 cm³/mol. The van der Waals surface area contributed by atoms with Gasteiger partial charge in [0.2, 0.25) is 0 Å². The molecule has 1 unspecified atom stereocenters. The summed E-state index contributed by atoms with van der Waals surface area (Å²) in [7, 11) is 0. The molecule has 0 saturated heterocycles. The number of alkyl halides is 3. The molecule has 2 aliphatic rings. The van der Waals surface area contributed by atoms with E-state index in [2.05, 4.69) is 0 Å². The third-order valence-corrected chi connectivity index (χ3v) is 6.47. The van der Waals surface area contributed by atoms with Crippen molar-refractivity contribution in [1.29, 1.82) is 0 Å². The highest BCUT2D eigenvalue weighted by Crippen LogP contribution is 2.41. The highest BCUT2D eigenvalue weighted by atomic mass is 19.4. The zero-order valence-corrected chi connectivity index (χ0v) is 16.0. The second-order valence-electron chi connectivity index (χ2n) is 8.36. The van der Waals surface area contributed by atoms with E-state index in [1.165, 1.54) is 57.8 Å². The number of rotatable bonds is 9. The third-order valence-electron chi connectivity index (χ3n) is 6.47. The number of unbranched alkanes of at least 4 members (excludes halogenated alkanes) is 1. The first-order chi connectivity index (χ1) is 12.0. The Kier molecular flexibility index (Phi) is 9.09. The normalized spacial score (nSPS) is 27.4. The van der Waals surface area contributed by atoms with E-state index in [-0.39, 0.29) is 13.0 Å². The number of halogens is 3. The van der Waals surface area contributed by atoms with Crippen LogP contribution in [0, 0.1) is 17.8 Å². The molecule has 0 aromatic rings. The van der Waals surface area contributed by atoms with Gasteiger partial charge >= 0.3 is 6.18 Å². The van der Waals surface area contributed by atoms with E-state index in [0.29, 0.717) is 18.8 Å². The molecule has 2 fully saturated rings. The lowest BCUT2D eigenvalue weighted by Gasteiger charge is -2.36. The average Bonchev–Trinajstić information content (AvgIpc) is 2.61. The van der Waals surface area contributed by atoms with Crippen molar-refractivity contribution in [3.63, 3.8) is 0 Å². The number of ether oxygens (including phenoxy) is 1. The van der Waals surface area contributed by atoms with Crippen molar-refractivity contribution in [2.75, 3.05) is 6.61 Å². The van der Waals surface area contributed by atoms with Crippen LogP contribution in [0.4, 0.5) is 13.2 Å². The molecule has 0 aliphatic heterocycles. The standard InChI is InChI=1S/C21H37F3O/c1-2-3-16-25-20(21(22,23)24)11-7-8-17-12-14-19(15-13-17)18-9-5-4-6-10-18/h17-20H,2-16H2,1H3. The van der Waals surface area contributed by atoms with Crippen LogP contribution >= 0.6 is 0 Å². The molecule has 0 amide bonds. The lowest BCUT2D eigenvalue weighted by atomic mass is 9.70. The van der Waals surface area contributed by atoms with Crippen molar-refractivity contribution in [3.8, 4) is 0 Å². The molecule has 1 nitrogen and oxygen atoms in total. The minimum absolute atomic E-state index is 0.135. The molecular formula is C21H37F3O. The molecule has 25 heavy (non-hydrogen) atoms. The van der Waals surface area contributed by atoms with Crippen LogP contribution in [0.25, 0.3) is 0 Å². The van der Waals surface area contributed by atoms with Crippen LogP contribution in [-0.4, -0.2) is 18.9 Å². The van der Waals surface area contributed by atoms with Gasteiger partial charge in [0.15, 0.2) is 6.10 Å². The summed E-state index contributed by atoms with van der Waals surface area (Å²) in [5.41, 5.74) is 0. The summed E-state index contributed by atoms with van der Waals surface area (Å²) in [6.07, 6.45) is 9.66. The lowest BCUT2D eigenvalue weighted by Crippen LogP contribution is -2.32. The Morgan fingerprint density at radius 3 is 2.12 bits per heavy atom. The zero-order valence-electron chi connectivity index (χ0n) is 16.0. The molecule has 0 aromatic carbocycles. The monoisotopic (exact) mass is 362 g/mol. The van der Waals surface area contributed by atoms with Gasteiger partial charge in [0.25, 0.3) is 0 Å². The molecule has 148 valence electrons. The molecular weight excluding hydrogens is 325 g/mol. The van der Waals surface area contributed by atoms with Gasteiger partial charge in [0, 0.05) is 6.61 Å². The molecule has 2 rings (SSSR count). The Morgan fingerprint density at radius 1 is 0.880 bits per heavy atom. The minimum atomic E-state index is -4.22. The van der Waals surface area contributed by atoms with Crippen molar-refractivity contribution < 1.29 is 17.9 Å². The van der Waals surface area contributed by atoms with Gasteiger partial charge in [-0.15, -0.1) is 0 Å². The van der Waals surface area contributed by atoms with E-state index in [1.54, 1.807) is 0 Å². The fourth-order valence-electron chi connectivity index (χ4n) is 4.86. The summed E-state index contributed by atoms with van der Waals surface area (Å²) < 4.78 is 44.2. The van der Waals surface area contributed by atoms with E-state index in [4.69, 9.17) is 4.74 Å². The van der Waals surface area contributed by atoms with Gasteiger partial charge in [-0.3, -0.25) is 0 Å². The number of hydrogen-bond acceptors (Lipinski definition) is 1. The van der Waals surface area contributed by atoms with Crippen molar-refractivity contribution in [3.05, 3.63) is 0 Å². The van der Waals surface area contributed by atoms with Crippen molar-refractivity contribution in [1.82, 2.24) is 0 Å². The van der Waals surface area contributed by atoms with Gasteiger partial charge < -0.3 is 4.74 Å². The van der Waals surface area contributed by atoms with E-state index < -0.39 is 12.3 Å². The third kappa shape index (κ3) is 7.48. The molecule has 0 radical (unpaired) electrons. The Balaban J connectivity index is 1.63. The topological polar surface area (TPSA) is 9.23 Å². The summed E-state index contributed by atoms with van der Waals surface area (Å²) in [5.74, 6) is 2.48. The van der Waals surface area contributed by atoms with Crippen LogP contribution in [0.5, 0.6) is 0 Å². The molecule has 0 aromatic heterocycles. The highest BCUT2D eigenvalue weighted by Gasteiger charge is 2.40. The lowest BCUT2D eigenvalue weighted by molar-refractivity contribution is -0.222. The van der Waals surface area contributed by atoms with E-state index in [0.717, 1.165) is 24.7 Å². The SMILES string of the molecule is CCCCOC(CCCC1CCC(C2CCCCC2)CC1)C(F)(F)F. The van der Waals surface area contributed by atoms with Gasteiger partial charge in [-0.2, -0.15) is 13.2 Å². The van der Waals surface area contributed by atoms with Crippen LogP contribution in [0.3, 0.4) is 0 Å². The fourth-order valence-corrected chi connectivity index (χ4v) is 4.86. The zero-order chi connectivity index (χ0) is 18.1. The summed E-state index contributed by atoms with van der Waals surface area (Å²) in [6.45, 7) is 2.20. The molecule has 1 atom stereocenters. The second-order valence-corrected chi connectivity index (χ2v) is 8.36. The molecule has 0 N–H and O–H groups in total. The first-order valence-corrected chi connectivity index (χ1v) is 10.7. The van der Waals surface area contributed by atoms with Crippen LogP contribution < -0.4 is 0 Å². The Hall–Kier alpha value is -0.250. The predicted octanol–water partition coefficient (Wildman–Crippen LogP) is 7.29. The molecule has 0 bridgehead atoms. The number of hydrogen-bond donors (Lipinski definition) is 0. The average molecular weight is 363 g/mol. The first-order valence-electron chi connectivity index (χ1n) is 10.7. The van der Waals surface area contributed by atoms with Crippen LogP contribution in [-0.2, 0) is 4.74 Å². The summed E-state index contributed by atoms with van der Waals surface area (Å²) >= 11 is 0. The van der Waals surface area contributed by atoms with Gasteiger partial charge in [-0.25, -0.2) is 0 Å². The smallest absolute Gasteiger partial charge is 0.369 e. The van der Waals surface area contributed by atoms with Crippen molar-refractivity contribution in [2.24, 2.45) is 17.8 Å². The molecule has 4 heteroatoms. The first kappa shape index (κ1) is 21.1. The van der Waals surface area contributed by atoms with E-state index in [1.807, 2.05) is 6.92 Å². The van der Waals surface area contributed by atoms with Crippen LogP contribution in [0.2, 0.25) is 0 Å². The Morgan fingerprint density at radius 2 is 1.52 bits per heavy atom. The maximum absolute atomic E-state index is 13.0. The fraction of sp³-hybridized carbons (Fsp3) is 1.00. The Bertz CT molecular complexity index is 342. The van der Waals surface area contributed by atoms with Gasteiger partial charge in [-0.05, 0) is 43.4 Å². The van der Waals surface area contributed by atoms with Crippen LogP contribution in [0.15, 0.2) is 0 Å². The van der Waals surface area contributed by atoms with Gasteiger partial charge in [-0.1, -0.05) is 71.1 Å². The maximum atomic E-state index is 13.0. The van der Waals surface area contributed by atoms with Crippen molar-refractivity contribution in [2.45, 2.75) is 109 Å². The summed E-state index contributed by atoms with van der Waals surface area (Å²) in [5, 5.41) is 0. The second kappa shape index (κ2) is 10.8. The van der Waals surface area contributed by atoms with Crippen molar-refractivity contribution >= 4 is 0 Å². The van der Waals surface area contributed by atoms with E-state index >= 15 is 0 Å². The van der Waals surface area contributed by atoms with Gasteiger partial charge in [0.1, 0.15) is 0 Å². The quantitative estimate of drug-likeness (QED) is 0.391. The van der Waals surface area contributed by atoms with Crippen LogP contribution in [0.1, 0.15) is 96.8 Å². The molecule has 0 heterocycles. The minimum Gasteiger partial charge on any atom is -0.369 e. The summed E-state index contributed by atoms with van der Waals surface area (Å²) in [6, 6.07) is 0. The Labute approximate surface area is 152 Å². The van der Waals surface area contributed by atoms with Gasteiger partial charge in [0.05, 0.1) is 0 Å². The molecule has 0 spiro atoms. The molecule has 2 saturated carbocycles. The largest absolute Gasteiger partial charge is 0.414 e. The molecule has 2 aliphatic carbocycles.